The Morgan fingerprint density at radius 3 is 2.55 bits per heavy atom. The van der Waals surface area contributed by atoms with Gasteiger partial charge in [0.1, 0.15) is 17.2 Å². The van der Waals surface area contributed by atoms with Gasteiger partial charge in [-0.05, 0) is 93.8 Å². The fraction of sp³-hybridized carbons (Fsp3) is 0.448. The molecule has 0 saturated heterocycles. The number of pyridine rings is 3. The Balaban J connectivity index is 1.45. The number of carbonyl (C=O) groups excluding carboxylic acids is 1. The first-order valence-corrected chi connectivity index (χ1v) is 13.0. The van der Waals surface area contributed by atoms with E-state index >= 15 is 0 Å². The zero-order chi connectivity index (χ0) is 27.3. The van der Waals surface area contributed by atoms with Gasteiger partial charge in [0.2, 0.25) is 0 Å². The van der Waals surface area contributed by atoms with Gasteiger partial charge in [-0.3, -0.25) is 9.78 Å². The van der Waals surface area contributed by atoms with Crippen LogP contribution in [0.1, 0.15) is 69.2 Å². The van der Waals surface area contributed by atoms with Crippen molar-refractivity contribution in [1.29, 1.82) is 0 Å². The number of nitrogens with zero attached hydrogens (tertiary/aromatic N) is 3. The van der Waals surface area contributed by atoms with Gasteiger partial charge in [0.15, 0.2) is 0 Å². The number of alkyl halides is 2. The van der Waals surface area contributed by atoms with Gasteiger partial charge in [0.25, 0.3) is 6.43 Å². The van der Waals surface area contributed by atoms with Crippen LogP contribution >= 0.6 is 0 Å². The average molecular weight is 525 g/mol. The van der Waals surface area contributed by atoms with Crippen LogP contribution in [0.4, 0.5) is 20.4 Å². The molecule has 1 fully saturated rings. The first-order chi connectivity index (χ1) is 18.2. The van der Waals surface area contributed by atoms with Crippen LogP contribution in [0.5, 0.6) is 0 Å². The molecule has 0 amide bonds. The molecule has 0 aliphatic heterocycles. The monoisotopic (exact) mass is 524 g/mol. The number of aryl methyl sites for hydroxylation is 1. The lowest BCUT2D eigenvalue weighted by molar-refractivity contribution is -0.151. The van der Waals surface area contributed by atoms with E-state index in [2.05, 4.69) is 20.3 Å². The van der Waals surface area contributed by atoms with Crippen molar-refractivity contribution in [3.05, 3.63) is 65.6 Å². The predicted octanol–water partition coefficient (Wildman–Crippen LogP) is 6.50. The maximum atomic E-state index is 13.0. The SMILES string of the molecule is CCCOC(=O)[C@H]1CC[C@H](C(C)(O)c2ccc(-c3cc(C)cc(Nc4cc(C(F)F)ccn4)n3)cn2)CC1. The molecule has 3 aromatic rings. The molecule has 7 nitrogen and oxygen atoms in total. The van der Waals surface area contributed by atoms with E-state index in [0.717, 1.165) is 30.4 Å². The van der Waals surface area contributed by atoms with Crippen molar-refractivity contribution in [2.45, 2.75) is 64.9 Å². The maximum Gasteiger partial charge on any atom is 0.308 e. The molecule has 0 radical (unpaired) electrons. The zero-order valence-electron chi connectivity index (χ0n) is 22.0. The second-order valence-corrected chi connectivity index (χ2v) is 10.1. The van der Waals surface area contributed by atoms with Crippen LogP contribution in [0.15, 0.2) is 48.8 Å². The Bertz CT molecular complexity index is 1240. The minimum absolute atomic E-state index is 0.0134. The van der Waals surface area contributed by atoms with Crippen LogP contribution in [0, 0.1) is 18.8 Å². The summed E-state index contributed by atoms with van der Waals surface area (Å²) in [4.78, 5) is 25.5. The van der Waals surface area contributed by atoms with Crippen LogP contribution < -0.4 is 5.32 Å². The van der Waals surface area contributed by atoms with E-state index in [0.29, 0.717) is 36.7 Å². The summed E-state index contributed by atoms with van der Waals surface area (Å²) in [6.45, 7) is 6.12. The highest BCUT2D eigenvalue weighted by Gasteiger charge is 2.39. The van der Waals surface area contributed by atoms with E-state index < -0.39 is 12.0 Å². The van der Waals surface area contributed by atoms with Crippen molar-refractivity contribution in [2.24, 2.45) is 11.8 Å². The molecule has 4 rings (SSSR count). The fourth-order valence-electron chi connectivity index (χ4n) is 4.93. The number of halogens is 2. The molecule has 3 heterocycles. The number of ether oxygens (including phenoxy) is 1. The van der Waals surface area contributed by atoms with E-state index in [-0.39, 0.29) is 29.2 Å². The number of hydrogen-bond acceptors (Lipinski definition) is 7. The van der Waals surface area contributed by atoms with Gasteiger partial charge >= 0.3 is 5.97 Å². The fourth-order valence-corrected chi connectivity index (χ4v) is 4.93. The number of hydrogen-bond donors (Lipinski definition) is 2. The summed E-state index contributed by atoms with van der Waals surface area (Å²) in [5.41, 5.74) is 1.65. The van der Waals surface area contributed by atoms with Gasteiger partial charge in [-0.15, -0.1) is 0 Å². The molecule has 1 atom stereocenters. The summed E-state index contributed by atoms with van der Waals surface area (Å²) < 4.78 is 31.4. The molecule has 1 aliphatic rings. The Morgan fingerprint density at radius 1 is 1.13 bits per heavy atom. The first kappa shape index (κ1) is 27.6. The second kappa shape index (κ2) is 11.9. The highest BCUT2D eigenvalue weighted by molar-refractivity contribution is 5.72. The first-order valence-electron chi connectivity index (χ1n) is 13.0. The number of aliphatic hydroxyl groups is 1. The summed E-state index contributed by atoms with van der Waals surface area (Å²) in [6.07, 6.45) is 4.06. The highest BCUT2D eigenvalue weighted by atomic mass is 19.3. The van der Waals surface area contributed by atoms with Crippen LogP contribution in [0.3, 0.4) is 0 Å². The minimum Gasteiger partial charge on any atom is -0.465 e. The molecule has 1 aliphatic carbocycles. The van der Waals surface area contributed by atoms with Crippen LogP contribution in [0.2, 0.25) is 0 Å². The van der Waals surface area contributed by atoms with E-state index in [9.17, 15) is 18.7 Å². The number of anilines is 2. The number of esters is 1. The molecule has 0 spiro atoms. The van der Waals surface area contributed by atoms with Gasteiger partial charge < -0.3 is 15.2 Å². The lowest BCUT2D eigenvalue weighted by atomic mass is 9.73. The smallest absolute Gasteiger partial charge is 0.308 e. The molecule has 1 unspecified atom stereocenters. The standard InChI is InChI=1S/C29H34F2N4O3/c1-4-13-38-28(36)19-5-8-22(9-6-19)29(3,37)24-10-7-21(17-33-24)23-14-18(2)15-26(34-23)35-25-16-20(27(30)31)11-12-32-25/h7,10-12,14-17,19,22,27,37H,4-6,8-9,13H2,1-3H3,(H,32,34,35)/t19-,22-,29?. The summed E-state index contributed by atoms with van der Waals surface area (Å²) >= 11 is 0. The predicted molar refractivity (Wildman–Crippen MR) is 141 cm³/mol. The Hall–Kier alpha value is -3.46. The average Bonchev–Trinajstić information content (AvgIpc) is 2.91. The van der Waals surface area contributed by atoms with Crippen molar-refractivity contribution in [3.8, 4) is 11.3 Å². The Morgan fingerprint density at radius 2 is 1.89 bits per heavy atom. The Kier molecular flexibility index (Phi) is 8.66. The summed E-state index contributed by atoms with van der Waals surface area (Å²) in [5, 5.41) is 14.4. The van der Waals surface area contributed by atoms with E-state index in [1.165, 1.54) is 18.3 Å². The van der Waals surface area contributed by atoms with Crippen molar-refractivity contribution in [1.82, 2.24) is 15.0 Å². The topological polar surface area (TPSA) is 97.2 Å². The molecule has 202 valence electrons. The quantitative estimate of drug-likeness (QED) is 0.309. The molecule has 38 heavy (non-hydrogen) atoms. The van der Waals surface area contributed by atoms with Gasteiger partial charge in [0.05, 0.1) is 23.9 Å². The number of carbonyl (C=O) groups is 1. The lowest BCUT2D eigenvalue weighted by Gasteiger charge is -2.37. The molecule has 9 heteroatoms. The van der Waals surface area contributed by atoms with Gasteiger partial charge in [0, 0.05) is 23.5 Å². The molecular formula is C29H34F2N4O3. The second-order valence-electron chi connectivity index (χ2n) is 10.1. The summed E-state index contributed by atoms with van der Waals surface area (Å²) in [5.74, 6) is 0.506. The van der Waals surface area contributed by atoms with E-state index in [4.69, 9.17) is 4.74 Å². The summed E-state index contributed by atoms with van der Waals surface area (Å²) in [7, 11) is 0. The maximum absolute atomic E-state index is 13.0. The molecular weight excluding hydrogens is 490 g/mol. The normalized spacial score (nSPS) is 19.1. The molecule has 0 aromatic carbocycles. The lowest BCUT2D eigenvalue weighted by Crippen LogP contribution is -2.37. The third kappa shape index (κ3) is 6.51. The van der Waals surface area contributed by atoms with Crippen LogP contribution in [-0.4, -0.2) is 32.6 Å². The van der Waals surface area contributed by atoms with Gasteiger partial charge in [-0.1, -0.05) is 6.92 Å². The molecule has 3 aromatic heterocycles. The van der Waals surface area contributed by atoms with Crippen molar-refractivity contribution in [2.75, 3.05) is 11.9 Å². The van der Waals surface area contributed by atoms with Crippen LogP contribution in [-0.2, 0) is 15.1 Å². The van der Waals surface area contributed by atoms with Gasteiger partial charge in [-0.2, -0.15) is 0 Å². The third-order valence-electron chi connectivity index (χ3n) is 7.14. The van der Waals surface area contributed by atoms with Gasteiger partial charge in [-0.25, -0.2) is 18.7 Å². The van der Waals surface area contributed by atoms with Crippen molar-refractivity contribution < 1.29 is 23.4 Å². The minimum atomic E-state index is -2.58. The summed E-state index contributed by atoms with van der Waals surface area (Å²) in [6, 6.07) is 9.96. The Labute approximate surface area is 221 Å². The van der Waals surface area contributed by atoms with Crippen molar-refractivity contribution in [3.63, 3.8) is 0 Å². The number of rotatable bonds is 9. The largest absolute Gasteiger partial charge is 0.465 e. The number of aromatic nitrogens is 3. The molecule has 2 N–H and O–H groups in total. The zero-order valence-corrected chi connectivity index (χ0v) is 22.0. The van der Waals surface area contributed by atoms with E-state index in [1.807, 2.05) is 32.0 Å². The van der Waals surface area contributed by atoms with E-state index in [1.54, 1.807) is 19.2 Å². The number of nitrogens with one attached hydrogen (secondary N) is 1. The third-order valence-corrected chi connectivity index (χ3v) is 7.14. The van der Waals surface area contributed by atoms with Crippen molar-refractivity contribution >= 4 is 17.6 Å². The molecule has 1 saturated carbocycles. The molecule has 0 bridgehead atoms. The highest BCUT2D eigenvalue weighted by Crippen LogP contribution is 2.41. The van der Waals surface area contributed by atoms with Crippen LogP contribution in [0.25, 0.3) is 11.3 Å².